The van der Waals surface area contributed by atoms with Crippen LogP contribution in [0.15, 0.2) is 18.2 Å². The molecule has 0 radical (unpaired) electrons. The average molecular weight is 331 g/mol. The highest BCUT2D eigenvalue weighted by Gasteiger charge is 2.41. The van der Waals surface area contributed by atoms with Gasteiger partial charge in [0.1, 0.15) is 12.4 Å². The van der Waals surface area contributed by atoms with Crippen LogP contribution in [0, 0.1) is 0 Å². The molecule has 0 saturated carbocycles. The van der Waals surface area contributed by atoms with Crippen LogP contribution in [0.5, 0.6) is 5.75 Å². The van der Waals surface area contributed by atoms with Crippen LogP contribution in [0.4, 0.5) is 18.9 Å². The minimum Gasteiger partial charge on any atom is -0.489 e. The van der Waals surface area contributed by atoms with Crippen molar-refractivity contribution in [2.24, 2.45) is 5.73 Å². The second-order valence-electron chi connectivity index (χ2n) is 5.14. The molecule has 1 amide bonds. The summed E-state index contributed by atoms with van der Waals surface area (Å²) in [6.07, 6.45) is -4.45. The first kappa shape index (κ1) is 14.9. The van der Waals surface area contributed by atoms with Crippen molar-refractivity contribution >= 4 is 28.9 Å². The summed E-state index contributed by atoms with van der Waals surface area (Å²) in [5, 5.41) is 0.285. The lowest BCUT2D eigenvalue weighted by Gasteiger charge is -2.32. The number of benzene rings is 1. The normalized spacial score (nSPS) is 20.5. The van der Waals surface area contributed by atoms with Crippen LogP contribution in [0.25, 0.3) is 0 Å². The number of nitrogens with zero attached hydrogens (tertiary/aromatic N) is 2. The maximum Gasteiger partial charge on any atom is 0.416 e. The van der Waals surface area contributed by atoms with Crippen molar-refractivity contribution < 1.29 is 22.7 Å². The van der Waals surface area contributed by atoms with Gasteiger partial charge in [0.2, 0.25) is 5.91 Å². The average Bonchev–Trinajstić information content (AvgIpc) is 2.73. The maximum atomic E-state index is 12.9. The molecule has 1 aromatic carbocycles. The zero-order chi connectivity index (χ0) is 16.1. The quantitative estimate of drug-likeness (QED) is 0.829. The van der Waals surface area contributed by atoms with Gasteiger partial charge in [-0.25, -0.2) is 0 Å². The van der Waals surface area contributed by atoms with Crippen LogP contribution >= 0.6 is 12.2 Å². The van der Waals surface area contributed by atoms with E-state index in [9.17, 15) is 18.0 Å². The van der Waals surface area contributed by atoms with Crippen molar-refractivity contribution in [2.45, 2.75) is 12.2 Å². The smallest absolute Gasteiger partial charge is 0.416 e. The van der Waals surface area contributed by atoms with E-state index < -0.39 is 17.6 Å². The Morgan fingerprint density at radius 3 is 2.82 bits per heavy atom. The predicted molar refractivity (Wildman–Crippen MR) is 76.6 cm³/mol. The van der Waals surface area contributed by atoms with Crippen LogP contribution in [-0.2, 0) is 11.0 Å². The van der Waals surface area contributed by atoms with Gasteiger partial charge >= 0.3 is 6.18 Å². The Hall–Kier alpha value is -2.03. The number of hydrogen-bond donors (Lipinski definition) is 1. The van der Waals surface area contributed by atoms with Crippen molar-refractivity contribution in [2.75, 3.05) is 24.6 Å². The number of carbonyl (C=O) groups excluding carboxylic acids is 1. The number of anilines is 1. The number of thiocarbonyl (C=S) groups is 1. The minimum atomic E-state index is -4.45. The molecular formula is C13H12F3N3O2S. The summed E-state index contributed by atoms with van der Waals surface area (Å²) in [5.41, 5.74) is 4.66. The molecule has 0 bridgehead atoms. The standard InChI is InChI=1S/C13H12F3N3O2S/c14-13(15,16)7-1-2-10-9(3-7)19-8(6-21-10)4-18(12(19)22)5-11(17)20/h1-3,8H,4-6H2,(H2,17,20). The number of amides is 1. The van der Waals surface area contributed by atoms with Crippen LogP contribution in [0.2, 0.25) is 0 Å². The molecule has 0 aliphatic carbocycles. The molecule has 1 aromatic rings. The van der Waals surface area contributed by atoms with E-state index in [1.807, 2.05) is 0 Å². The van der Waals surface area contributed by atoms with E-state index >= 15 is 0 Å². The molecule has 1 atom stereocenters. The van der Waals surface area contributed by atoms with E-state index in [4.69, 9.17) is 22.7 Å². The monoisotopic (exact) mass is 331 g/mol. The molecular weight excluding hydrogens is 319 g/mol. The lowest BCUT2D eigenvalue weighted by atomic mass is 10.1. The molecule has 3 rings (SSSR count). The molecule has 2 heterocycles. The topological polar surface area (TPSA) is 58.8 Å². The van der Waals surface area contributed by atoms with Gasteiger partial charge in [0, 0.05) is 6.54 Å². The lowest BCUT2D eigenvalue weighted by molar-refractivity contribution is -0.137. The molecule has 2 aliphatic rings. The molecule has 0 aromatic heterocycles. The third-order valence-corrected chi connectivity index (χ3v) is 4.05. The number of carbonyl (C=O) groups is 1. The second kappa shape index (κ2) is 5.01. The van der Waals surface area contributed by atoms with E-state index in [1.165, 1.54) is 6.07 Å². The van der Waals surface area contributed by atoms with Gasteiger partial charge < -0.3 is 20.3 Å². The Morgan fingerprint density at radius 2 is 2.18 bits per heavy atom. The fraction of sp³-hybridized carbons (Fsp3) is 0.385. The summed E-state index contributed by atoms with van der Waals surface area (Å²) in [5.74, 6) is -0.208. The number of nitrogens with two attached hydrogens (primary N) is 1. The molecule has 9 heteroatoms. The molecule has 2 N–H and O–H groups in total. The molecule has 1 saturated heterocycles. The van der Waals surface area contributed by atoms with Crippen LogP contribution in [0.1, 0.15) is 5.56 Å². The zero-order valence-corrected chi connectivity index (χ0v) is 12.1. The van der Waals surface area contributed by atoms with Crippen LogP contribution < -0.4 is 15.4 Å². The number of primary amides is 1. The fourth-order valence-corrected chi connectivity index (χ4v) is 3.05. The first-order valence-electron chi connectivity index (χ1n) is 6.48. The Bertz CT molecular complexity index is 650. The fourth-order valence-electron chi connectivity index (χ4n) is 2.66. The molecule has 2 aliphatic heterocycles. The molecule has 0 spiro atoms. The summed E-state index contributed by atoms with van der Waals surface area (Å²) in [6.45, 7) is 0.603. The summed E-state index contributed by atoms with van der Waals surface area (Å²) >= 11 is 5.28. The lowest BCUT2D eigenvalue weighted by Crippen LogP contribution is -2.42. The van der Waals surface area contributed by atoms with Gasteiger partial charge in [-0.3, -0.25) is 4.79 Å². The summed E-state index contributed by atoms with van der Waals surface area (Å²) in [6, 6.07) is 3.04. The highest BCUT2D eigenvalue weighted by molar-refractivity contribution is 7.80. The molecule has 1 fully saturated rings. The van der Waals surface area contributed by atoms with Gasteiger partial charge in [-0.2, -0.15) is 13.2 Å². The molecule has 118 valence electrons. The van der Waals surface area contributed by atoms with E-state index in [2.05, 4.69) is 0 Å². The highest BCUT2D eigenvalue weighted by Crippen LogP contribution is 2.41. The van der Waals surface area contributed by atoms with E-state index in [0.717, 1.165) is 12.1 Å². The first-order chi connectivity index (χ1) is 10.3. The molecule has 22 heavy (non-hydrogen) atoms. The van der Waals surface area contributed by atoms with E-state index in [0.29, 0.717) is 12.3 Å². The third-order valence-electron chi connectivity index (χ3n) is 3.60. The number of halogens is 3. The number of ether oxygens (including phenoxy) is 1. The minimum absolute atomic E-state index is 0.0693. The maximum absolute atomic E-state index is 12.9. The summed E-state index contributed by atoms with van der Waals surface area (Å²) in [7, 11) is 0. The van der Waals surface area contributed by atoms with Gasteiger partial charge in [-0.05, 0) is 30.4 Å². The Morgan fingerprint density at radius 1 is 1.45 bits per heavy atom. The Kier molecular flexibility index (Phi) is 3.39. The summed E-state index contributed by atoms with van der Waals surface area (Å²) in [4.78, 5) is 14.2. The third kappa shape index (κ3) is 2.45. The van der Waals surface area contributed by atoms with Crippen LogP contribution in [-0.4, -0.2) is 41.7 Å². The van der Waals surface area contributed by atoms with Crippen molar-refractivity contribution in [3.63, 3.8) is 0 Å². The second-order valence-corrected chi connectivity index (χ2v) is 5.51. The van der Waals surface area contributed by atoms with E-state index in [1.54, 1.807) is 9.80 Å². The van der Waals surface area contributed by atoms with Crippen molar-refractivity contribution in [3.8, 4) is 5.75 Å². The van der Waals surface area contributed by atoms with Gasteiger partial charge in [0.15, 0.2) is 5.11 Å². The van der Waals surface area contributed by atoms with Gasteiger partial charge in [0.05, 0.1) is 23.8 Å². The van der Waals surface area contributed by atoms with Crippen molar-refractivity contribution in [3.05, 3.63) is 23.8 Å². The van der Waals surface area contributed by atoms with Gasteiger partial charge in [0.25, 0.3) is 0 Å². The number of alkyl halides is 3. The zero-order valence-electron chi connectivity index (χ0n) is 11.3. The van der Waals surface area contributed by atoms with E-state index in [-0.39, 0.29) is 30.0 Å². The Balaban J connectivity index is 1.97. The molecule has 1 unspecified atom stereocenters. The number of rotatable bonds is 2. The number of hydrogen-bond acceptors (Lipinski definition) is 3. The first-order valence-corrected chi connectivity index (χ1v) is 6.88. The predicted octanol–water partition coefficient (Wildman–Crippen LogP) is 1.36. The van der Waals surface area contributed by atoms with Gasteiger partial charge in [-0.15, -0.1) is 0 Å². The SMILES string of the molecule is NC(=O)CN1CC2COc3ccc(C(F)(F)F)cc3N2C1=S. The largest absolute Gasteiger partial charge is 0.489 e. The highest BCUT2D eigenvalue weighted by atomic mass is 32.1. The van der Waals surface area contributed by atoms with Crippen molar-refractivity contribution in [1.82, 2.24) is 4.90 Å². The number of fused-ring (bicyclic) bond motifs is 3. The van der Waals surface area contributed by atoms with Gasteiger partial charge in [-0.1, -0.05) is 0 Å². The molecule has 5 nitrogen and oxygen atoms in total. The Labute approximate surface area is 129 Å². The van der Waals surface area contributed by atoms with Crippen molar-refractivity contribution in [1.29, 1.82) is 0 Å². The van der Waals surface area contributed by atoms with Crippen LogP contribution in [0.3, 0.4) is 0 Å². The summed E-state index contributed by atoms with van der Waals surface area (Å²) < 4.78 is 44.1.